The Balaban J connectivity index is 1.76. The number of nitrogens with two attached hydrogens (primary N) is 1. The molecule has 1 aromatic carbocycles. The minimum Gasteiger partial charge on any atom is -0.398 e. The van der Waals surface area contributed by atoms with Gasteiger partial charge in [-0.05, 0) is 56.5 Å². The molecule has 3 heterocycles. The minimum atomic E-state index is 0.609. The summed E-state index contributed by atoms with van der Waals surface area (Å²) in [5.74, 6) is 0.848. The van der Waals surface area contributed by atoms with Gasteiger partial charge in [0, 0.05) is 24.0 Å². The quantitative estimate of drug-likeness (QED) is 0.766. The van der Waals surface area contributed by atoms with E-state index >= 15 is 0 Å². The number of nitrogens with zero attached hydrogens (tertiary/aromatic N) is 1. The fraction of sp³-hybridized carbons (Fsp3) is 0.571. The first-order valence-corrected chi connectivity index (χ1v) is 6.58. The normalized spacial score (nSPS) is 31.5. The second kappa shape index (κ2) is 4.22. The number of benzene rings is 1. The van der Waals surface area contributed by atoms with E-state index in [1.165, 1.54) is 43.7 Å². The number of anilines is 2. The van der Waals surface area contributed by atoms with Crippen molar-refractivity contribution in [2.24, 2.45) is 5.92 Å². The number of hydrogen-bond donors (Lipinski definition) is 2. The molecule has 1 unspecified atom stereocenters. The van der Waals surface area contributed by atoms with Gasteiger partial charge in [-0.15, -0.1) is 0 Å². The standard InChI is InChI=1S/C14H21N3/c1-10-12(15)3-2-4-13(10)16-14-9-17-7-5-11(14)6-8-17/h2-4,11,14,16H,5-9,15H2,1H3. The molecule has 0 amide bonds. The van der Waals surface area contributed by atoms with Gasteiger partial charge in [-0.1, -0.05) is 6.07 Å². The molecule has 0 aliphatic carbocycles. The van der Waals surface area contributed by atoms with Crippen LogP contribution in [0.15, 0.2) is 18.2 Å². The van der Waals surface area contributed by atoms with Crippen LogP contribution in [-0.4, -0.2) is 30.6 Å². The Hall–Kier alpha value is -1.22. The van der Waals surface area contributed by atoms with Crippen molar-refractivity contribution in [2.75, 3.05) is 30.7 Å². The van der Waals surface area contributed by atoms with Gasteiger partial charge in [0.05, 0.1) is 0 Å². The molecule has 3 N–H and O–H groups in total. The molecule has 3 saturated heterocycles. The maximum absolute atomic E-state index is 5.95. The van der Waals surface area contributed by atoms with Gasteiger partial charge in [0.15, 0.2) is 0 Å². The molecule has 0 radical (unpaired) electrons. The van der Waals surface area contributed by atoms with E-state index in [0.29, 0.717) is 6.04 Å². The fourth-order valence-corrected chi connectivity index (χ4v) is 3.14. The highest BCUT2D eigenvalue weighted by atomic mass is 15.2. The molecular weight excluding hydrogens is 210 g/mol. The van der Waals surface area contributed by atoms with E-state index in [1.54, 1.807) is 0 Å². The summed E-state index contributed by atoms with van der Waals surface area (Å²) in [6, 6.07) is 6.75. The lowest BCUT2D eigenvalue weighted by Gasteiger charge is -2.45. The van der Waals surface area contributed by atoms with Crippen molar-refractivity contribution in [3.8, 4) is 0 Å². The zero-order valence-corrected chi connectivity index (χ0v) is 10.4. The van der Waals surface area contributed by atoms with E-state index in [9.17, 15) is 0 Å². The smallest absolute Gasteiger partial charge is 0.0417 e. The summed E-state index contributed by atoms with van der Waals surface area (Å²) in [6.45, 7) is 5.87. The lowest BCUT2D eigenvalue weighted by molar-refractivity contribution is 0.0975. The summed E-state index contributed by atoms with van der Waals surface area (Å²) in [4.78, 5) is 2.57. The molecule has 0 spiro atoms. The summed E-state index contributed by atoms with van der Waals surface area (Å²) in [5, 5.41) is 3.70. The molecular formula is C14H21N3. The number of rotatable bonds is 2. The molecule has 3 aliphatic rings. The predicted octanol–water partition coefficient (Wildman–Crippen LogP) is 2.08. The summed E-state index contributed by atoms with van der Waals surface area (Å²) in [5.41, 5.74) is 9.23. The molecule has 1 aromatic rings. The van der Waals surface area contributed by atoms with E-state index in [2.05, 4.69) is 23.2 Å². The van der Waals surface area contributed by atoms with Crippen LogP contribution in [0.1, 0.15) is 18.4 Å². The molecule has 1 atom stereocenters. The van der Waals surface area contributed by atoms with Crippen LogP contribution in [0.2, 0.25) is 0 Å². The molecule has 0 aromatic heterocycles. The van der Waals surface area contributed by atoms with Crippen molar-refractivity contribution in [3.05, 3.63) is 23.8 Å². The molecule has 2 bridgehead atoms. The molecule has 3 aliphatic heterocycles. The number of nitrogen functional groups attached to an aromatic ring is 1. The average molecular weight is 231 g/mol. The van der Waals surface area contributed by atoms with Crippen LogP contribution in [0.4, 0.5) is 11.4 Å². The van der Waals surface area contributed by atoms with E-state index in [1.807, 2.05) is 12.1 Å². The molecule has 4 rings (SSSR count). The van der Waals surface area contributed by atoms with Crippen LogP contribution in [0.25, 0.3) is 0 Å². The predicted molar refractivity (Wildman–Crippen MR) is 72.2 cm³/mol. The lowest BCUT2D eigenvalue weighted by Crippen LogP contribution is -2.53. The minimum absolute atomic E-state index is 0.609. The number of hydrogen-bond acceptors (Lipinski definition) is 3. The van der Waals surface area contributed by atoms with Gasteiger partial charge in [-0.3, -0.25) is 0 Å². The largest absolute Gasteiger partial charge is 0.398 e. The second-order valence-electron chi connectivity index (χ2n) is 5.41. The third-order valence-electron chi connectivity index (χ3n) is 4.37. The first kappa shape index (κ1) is 10.9. The highest BCUT2D eigenvalue weighted by Crippen LogP contribution is 2.31. The van der Waals surface area contributed by atoms with Crippen LogP contribution in [0, 0.1) is 12.8 Å². The van der Waals surface area contributed by atoms with Gasteiger partial charge >= 0.3 is 0 Å². The Bertz CT molecular complexity index is 408. The number of fused-ring (bicyclic) bond motifs is 3. The topological polar surface area (TPSA) is 41.3 Å². The zero-order chi connectivity index (χ0) is 11.8. The number of piperidine rings is 3. The lowest BCUT2D eigenvalue weighted by atomic mass is 9.84. The highest BCUT2D eigenvalue weighted by molar-refractivity contribution is 5.63. The van der Waals surface area contributed by atoms with Gasteiger partial charge in [-0.2, -0.15) is 0 Å². The van der Waals surface area contributed by atoms with E-state index in [4.69, 9.17) is 5.73 Å². The van der Waals surface area contributed by atoms with Crippen LogP contribution in [-0.2, 0) is 0 Å². The van der Waals surface area contributed by atoms with Gasteiger partial charge in [0.1, 0.15) is 0 Å². The summed E-state index contributed by atoms with van der Waals surface area (Å²) >= 11 is 0. The van der Waals surface area contributed by atoms with Crippen molar-refractivity contribution in [1.29, 1.82) is 0 Å². The van der Waals surface area contributed by atoms with E-state index in [-0.39, 0.29) is 0 Å². The zero-order valence-electron chi connectivity index (χ0n) is 10.4. The first-order valence-electron chi connectivity index (χ1n) is 6.58. The van der Waals surface area contributed by atoms with Gasteiger partial charge < -0.3 is 16.0 Å². The van der Waals surface area contributed by atoms with Crippen LogP contribution in [0.3, 0.4) is 0 Å². The third kappa shape index (κ3) is 2.00. The summed E-state index contributed by atoms with van der Waals surface area (Å²) < 4.78 is 0. The monoisotopic (exact) mass is 231 g/mol. The van der Waals surface area contributed by atoms with Crippen LogP contribution in [0.5, 0.6) is 0 Å². The van der Waals surface area contributed by atoms with Crippen molar-refractivity contribution in [2.45, 2.75) is 25.8 Å². The fourth-order valence-electron chi connectivity index (χ4n) is 3.14. The molecule has 3 nitrogen and oxygen atoms in total. The summed E-state index contributed by atoms with van der Waals surface area (Å²) in [7, 11) is 0. The van der Waals surface area contributed by atoms with Crippen LogP contribution >= 0.6 is 0 Å². The van der Waals surface area contributed by atoms with Gasteiger partial charge in [-0.25, -0.2) is 0 Å². The maximum atomic E-state index is 5.95. The second-order valence-corrected chi connectivity index (χ2v) is 5.41. The highest BCUT2D eigenvalue weighted by Gasteiger charge is 2.34. The summed E-state index contributed by atoms with van der Waals surface area (Å²) in [6.07, 6.45) is 2.69. The van der Waals surface area contributed by atoms with Crippen molar-refractivity contribution < 1.29 is 0 Å². The molecule has 92 valence electrons. The van der Waals surface area contributed by atoms with Crippen LogP contribution < -0.4 is 11.1 Å². The van der Waals surface area contributed by atoms with E-state index < -0.39 is 0 Å². The van der Waals surface area contributed by atoms with Gasteiger partial charge in [0.25, 0.3) is 0 Å². The Morgan fingerprint density at radius 2 is 2.06 bits per heavy atom. The van der Waals surface area contributed by atoms with Crippen molar-refractivity contribution in [3.63, 3.8) is 0 Å². The molecule has 3 fully saturated rings. The Kier molecular flexibility index (Phi) is 2.71. The van der Waals surface area contributed by atoms with E-state index in [0.717, 1.165) is 11.6 Å². The SMILES string of the molecule is Cc1c(N)cccc1NC1CN2CCC1CC2. The average Bonchev–Trinajstić information content (AvgIpc) is 2.36. The molecule has 17 heavy (non-hydrogen) atoms. The van der Waals surface area contributed by atoms with Crippen molar-refractivity contribution in [1.82, 2.24) is 4.90 Å². The Morgan fingerprint density at radius 1 is 1.29 bits per heavy atom. The first-order chi connectivity index (χ1) is 8.24. The Morgan fingerprint density at radius 3 is 2.71 bits per heavy atom. The molecule has 0 saturated carbocycles. The van der Waals surface area contributed by atoms with Crippen molar-refractivity contribution >= 4 is 11.4 Å². The third-order valence-corrected chi connectivity index (χ3v) is 4.37. The molecule has 3 heteroatoms. The number of nitrogens with one attached hydrogen (secondary N) is 1. The Labute approximate surface area is 103 Å². The maximum Gasteiger partial charge on any atom is 0.0417 e. The van der Waals surface area contributed by atoms with Gasteiger partial charge in [0.2, 0.25) is 0 Å².